The fraction of sp³-hybridized carbons (Fsp3) is 0. The van der Waals surface area contributed by atoms with Crippen LogP contribution >= 0.6 is 0 Å². The zero-order valence-electron chi connectivity index (χ0n) is 18.6. The fourth-order valence-electron chi connectivity index (χ4n) is 4.40. The third-order valence-corrected chi connectivity index (χ3v) is 6.16. The Morgan fingerprint density at radius 3 is 2.17 bits per heavy atom. The molecule has 0 saturated heterocycles. The number of rotatable bonds is 4. The molecule has 4 nitrogen and oxygen atoms in total. The predicted molar refractivity (Wildman–Crippen MR) is 140 cm³/mol. The highest BCUT2D eigenvalue weighted by molar-refractivity contribution is 6.12. The lowest BCUT2D eigenvalue weighted by Gasteiger charge is -2.06. The van der Waals surface area contributed by atoms with Crippen molar-refractivity contribution >= 4 is 34.1 Å². The van der Waals surface area contributed by atoms with Crippen molar-refractivity contribution in [3.63, 3.8) is 0 Å². The van der Waals surface area contributed by atoms with Crippen molar-refractivity contribution in [2.45, 2.75) is 0 Å². The molecule has 6 aromatic rings. The van der Waals surface area contributed by atoms with E-state index in [-0.39, 0.29) is 5.75 Å². The Bertz CT molecular complexity index is 1750. The van der Waals surface area contributed by atoms with Gasteiger partial charge in [0.05, 0.1) is 11.6 Å². The van der Waals surface area contributed by atoms with Gasteiger partial charge in [0.1, 0.15) is 11.3 Å². The third kappa shape index (κ3) is 3.81. The van der Waals surface area contributed by atoms with Crippen LogP contribution in [-0.2, 0) is 0 Å². The SMILES string of the molecule is O=c1cc(/C=C/c2ccccc2O)c2ccc3occ(-c4ccc(-c5ccccc5)cc4)c3c2o1. The van der Waals surface area contributed by atoms with Crippen LogP contribution in [0.3, 0.4) is 0 Å². The molecule has 0 spiro atoms. The Kier molecular flexibility index (Phi) is 5.04. The summed E-state index contributed by atoms with van der Waals surface area (Å²) >= 11 is 0. The summed E-state index contributed by atoms with van der Waals surface area (Å²) in [6, 6.07) is 30.7. The molecule has 0 aliphatic heterocycles. The standard InChI is InChI=1S/C31H20O4/c32-27-9-5-4-8-23(27)14-15-24-18-29(33)35-31-25(24)16-17-28-30(31)26(19-34-28)22-12-10-21(11-13-22)20-6-2-1-3-7-20/h1-19,32H/b15-14+. The number of furan rings is 1. The van der Waals surface area contributed by atoms with E-state index in [0.717, 1.165) is 33.0 Å². The van der Waals surface area contributed by atoms with E-state index in [1.165, 1.54) is 6.07 Å². The first-order valence-electron chi connectivity index (χ1n) is 11.3. The highest BCUT2D eigenvalue weighted by atomic mass is 16.4. The Labute approximate surface area is 201 Å². The second-order valence-electron chi connectivity index (χ2n) is 8.32. The van der Waals surface area contributed by atoms with E-state index in [1.807, 2.05) is 60.7 Å². The minimum atomic E-state index is -0.450. The lowest BCUT2D eigenvalue weighted by Crippen LogP contribution is -1.98. The van der Waals surface area contributed by atoms with Crippen molar-refractivity contribution in [2.24, 2.45) is 0 Å². The van der Waals surface area contributed by atoms with Crippen LogP contribution in [-0.4, -0.2) is 5.11 Å². The molecular weight excluding hydrogens is 436 g/mol. The minimum absolute atomic E-state index is 0.175. The van der Waals surface area contributed by atoms with Crippen molar-refractivity contribution in [1.82, 2.24) is 0 Å². The van der Waals surface area contributed by atoms with Gasteiger partial charge in [0.25, 0.3) is 0 Å². The van der Waals surface area contributed by atoms with E-state index in [9.17, 15) is 9.90 Å². The Morgan fingerprint density at radius 1 is 0.686 bits per heavy atom. The maximum absolute atomic E-state index is 12.5. The van der Waals surface area contributed by atoms with Gasteiger partial charge in [0, 0.05) is 22.6 Å². The largest absolute Gasteiger partial charge is 0.507 e. The summed E-state index contributed by atoms with van der Waals surface area (Å²) in [5, 5.41) is 11.6. The Hall–Kier alpha value is -4.83. The zero-order valence-corrected chi connectivity index (χ0v) is 18.6. The highest BCUT2D eigenvalue weighted by Gasteiger charge is 2.16. The Balaban J connectivity index is 1.49. The van der Waals surface area contributed by atoms with E-state index in [4.69, 9.17) is 8.83 Å². The molecule has 0 aliphatic rings. The molecule has 6 rings (SSSR count). The lowest BCUT2D eigenvalue weighted by molar-refractivity contribution is 0.474. The topological polar surface area (TPSA) is 63.6 Å². The first-order chi connectivity index (χ1) is 17.2. The van der Waals surface area contributed by atoms with Crippen LogP contribution < -0.4 is 5.63 Å². The lowest BCUT2D eigenvalue weighted by atomic mass is 9.98. The van der Waals surface area contributed by atoms with Gasteiger partial charge < -0.3 is 13.9 Å². The predicted octanol–water partition coefficient (Wildman–Crippen LogP) is 7.75. The summed E-state index contributed by atoms with van der Waals surface area (Å²) in [5.41, 5.74) is 6.12. The van der Waals surface area contributed by atoms with Gasteiger partial charge >= 0.3 is 5.63 Å². The number of phenols is 1. The first-order valence-corrected chi connectivity index (χ1v) is 11.3. The average molecular weight is 456 g/mol. The molecule has 2 heterocycles. The molecule has 168 valence electrons. The van der Waals surface area contributed by atoms with Crippen molar-refractivity contribution in [2.75, 3.05) is 0 Å². The second-order valence-corrected chi connectivity index (χ2v) is 8.32. The molecule has 35 heavy (non-hydrogen) atoms. The van der Waals surface area contributed by atoms with E-state index in [1.54, 1.807) is 24.5 Å². The summed E-state index contributed by atoms with van der Waals surface area (Å²) in [6.07, 6.45) is 5.30. The van der Waals surface area contributed by atoms with Gasteiger partial charge in [0.15, 0.2) is 5.58 Å². The molecule has 0 radical (unpaired) electrons. The van der Waals surface area contributed by atoms with E-state index in [0.29, 0.717) is 22.3 Å². The van der Waals surface area contributed by atoms with Gasteiger partial charge in [0.2, 0.25) is 0 Å². The first kappa shape index (κ1) is 20.8. The molecule has 4 aromatic carbocycles. The molecule has 0 aliphatic carbocycles. The number of hydrogen-bond acceptors (Lipinski definition) is 4. The quantitative estimate of drug-likeness (QED) is 0.276. The normalized spacial score (nSPS) is 11.5. The summed E-state index contributed by atoms with van der Waals surface area (Å²) in [7, 11) is 0. The maximum atomic E-state index is 12.5. The van der Waals surface area contributed by atoms with Crippen LogP contribution in [0.2, 0.25) is 0 Å². The molecule has 0 atom stereocenters. The number of fused-ring (bicyclic) bond motifs is 3. The van der Waals surface area contributed by atoms with Gasteiger partial charge in [-0.1, -0.05) is 84.9 Å². The van der Waals surface area contributed by atoms with Crippen molar-refractivity contribution in [1.29, 1.82) is 0 Å². The van der Waals surface area contributed by atoms with Crippen LogP contribution in [0, 0.1) is 0 Å². The summed E-state index contributed by atoms with van der Waals surface area (Å²) in [4.78, 5) is 12.5. The van der Waals surface area contributed by atoms with Gasteiger partial charge in [-0.25, -0.2) is 4.79 Å². The molecule has 1 N–H and O–H groups in total. The number of benzene rings is 4. The van der Waals surface area contributed by atoms with E-state index < -0.39 is 5.63 Å². The molecule has 0 unspecified atom stereocenters. The minimum Gasteiger partial charge on any atom is -0.507 e. The average Bonchev–Trinajstić information content (AvgIpc) is 3.33. The van der Waals surface area contributed by atoms with Crippen molar-refractivity contribution in [3.05, 3.63) is 125 Å². The molecular formula is C31H20O4. The smallest absolute Gasteiger partial charge is 0.336 e. The second kappa shape index (κ2) is 8.50. The van der Waals surface area contributed by atoms with Gasteiger partial charge in [-0.05, 0) is 40.5 Å². The van der Waals surface area contributed by atoms with E-state index in [2.05, 4.69) is 24.3 Å². The van der Waals surface area contributed by atoms with Crippen molar-refractivity contribution < 1.29 is 13.9 Å². The monoisotopic (exact) mass is 456 g/mol. The van der Waals surface area contributed by atoms with Crippen LogP contribution in [0.1, 0.15) is 11.1 Å². The fourth-order valence-corrected chi connectivity index (χ4v) is 4.40. The van der Waals surface area contributed by atoms with Crippen LogP contribution in [0.25, 0.3) is 56.3 Å². The number of para-hydroxylation sites is 1. The summed E-state index contributed by atoms with van der Waals surface area (Å²) < 4.78 is 11.5. The molecule has 0 saturated carbocycles. The van der Waals surface area contributed by atoms with Gasteiger partial charge in [-0.15, -0.1) is 0 Å². The summed E-state index contributed by atoms with van der Waals surface area (Å²) in [5.74, 6) is 0.175. The molecule has 2 aromatic heterocycles. The highest BCUT2D eigenvalue weighted by Crippen LogP contribution is 2.37. The van der Waals surface area contributed by atoms with Crippen LogP contribution in [0.4, 0.5) is 0 Å². The third-order valence-electron chi connectivity index (χ3n) is 6.16. The molecule has 0 amide bonds. The molecule has 4 heteroatoms. The molecule has 0 bridgehead atoms. The van der Waals surface area contributed by atoms with Crippen molar-refractivity contribution in [3.8, 4) is 28.0 Å². The van der Waals surface area contributed by atoms with Gasteiger partial charge in [-0.3, -0.25) is 0 Å². The van der Waals surface area contributed by atoms with Crippen LogP contribution in [0.5, 0.6) is 5.75 Å². The number of phenolic OH excluding ortho intramolecular Hbond substituents is 1. The summed E-state index contributed by atoms with van der Waals surface area (Å²) in [6.45, 7) is 0. The zero-order chi connectivity index (χ0) is 23.8. The van der Waals surface area contributed by atoms with Gasteiger partial charge in [-0.2, -0.15) is 0 Å². The maximum Gasteiger partial charge on any atom is 0.336 e. The van der Waals surface area contributed by atoms with Crippen LogP contribution in [0.15, 0.2) is 117 Å². The molecule has 0 fully saturated rings. The van der Waals surface area contributed by atoms with E-state index >= 15 is 0 Å². The number of aromatic hydroxyl groups is 1. The Morgan fingerprint density at radius 2 is 1.37 bits per heavy atom. The number of hydrogen-bond donors (Lipinski definition) is 1.